The van der Waals surface area contributed by atoms with Gasteiger partial charge in [-0.3, -0.25) is 4.79 Å². The third kappa shape index (κ3) is 5.89. The van der Waals surface area contributed by atoms with E-state index in [-0.39, 0.29) is 15.9 Å². The topological polar surface area (TPSA) is 65.4 Å². The first-order valence-corrected chi connectivity index (χ1v) is 10.6. The molecule has 0 radical (unpaired) electrons. The molecule has 0 spiro atoms. The Morgan fingerprint density at radius 3 is 2.47 bits per heavy atom. The van der Waals surface area contributed by atoms with E-state index in [1.807, 2.05) is 0 Å². The van der Waals surface area contributed by atoms with Crippen molar-refractivity contribution in [1.29, 1.82) is 0 Å². The SMILES string of the molecule is COc1cc(OC)c(NC(=O)CSc2ncc(-c3ccccc3)n2CC(F)(F)F)cc1Cl. The Bertz CT molecular complexity index is 1090. The van der Waals surface area contributed by atoms with E-state index >= 15 is 0 Å². The van der Waals surface area contributed by atoms with E-state index in [4.69, 9.17) is 21.1 Å². The van der Waals surface area contributed by atoms with Gasteiger partial charge in [-0.05, 0) is 11.6 Å². The van der Waals surface area contributed by atoms with Crippen LogP contribution < -0.4 is 14.8 Å². The third-order valence-electron chi connectivity index (χ3n) is 4.31. The van der Waals surface area contributed by atoms with Gasteiger partial charge in [-0.2, -0.15) is 13.2 Å². The van der Waals surface area contributed by atoms with Crippen molar-refractivity contribution in [3.63, 3.8) is 0 Å². The van der Waals surface area contributed by atoms with E-state index in [0.29, 0.717) is 28.4 Å². The number of imidazole rings is 1. The summed E-state index contributed by atoms with van der Waals surface area (Å²) < 4.78 is 51.0. The number of carbonyl (C=O) groups is 1. The lowest BCUT2D eigenvalue weighted by Gasteiger charge is -2.15. The second kappa shape index (κ2) is 10.2. The number of halogens is 4. The van der Waals surface area contributed by atoms with Crippen molar-refractivity contribution in [3.8, 4) is 22.8 Å². The number of ether oxygens (including phenoxy) is 2. The molecule has 1 heterocycles. The predicted molar refractivity (Wildman–Crippen MR) is 118 cm³/mol. The molecule has 3 rings (SSSR count). The molecule has 1 aromatic heterocycles. The maximum atomic E-state index is 13.2. The van der Waals surface area contributed by atoms with Crippen molar-refractivity contribution >= 4 is 35.0 Å². The minimum Gasteiger partial charge on any atom is -0.495 e. The molecular weight excluding hydrogens is 467 g/mol. The minimum atomic E-state index is -4.45. The van der Waals surface area contributed by atoms with Gasteiger partial charge in [0.15, 0.2) is 5.16 Å². The van der Waals surface area contributed by atoms with E-state index in [9.17, 15) is 18.0 Å². The zero-order valence-electron chi connectivity index (χ0n) is 17.1. The summed E-state index contributed by atoms with van der Waals surface area (Å²) in [6, 6.07) is 11.6. The van der Waals surface area contributed by atoms with Crippen molar-refractivity contribution in [2.75, 3.05) is 25.3 Å². The summed E-state index contributed by atoms with van der Waals surface area (Å²) in [7, 11) is 2.87. The normalized spacial score (nSPS) is 11.3. The number of hydrogen-bond acceptors (Lipinski definition) is 5. The largest absolute Gasteiger partial charge is 0.495 e. The van der Waals surface area contributed by atoms with Crippen LogP contribution >= 0.6 is 23.4 Å². The molecule has 0 fully saturated rings. The quantitative estimate of drug-likeness (QED) is 0.426. The van der Waals surface area contributed by atoms with Gasteiger partial charge in [-0.15, -0.1) is 0 Å². The summed E-state index contributed by atoms with van der Waals surface area (Å²) in [6.45, 7) is -1.22. The lowest BCUT2D eigenvalue weighted by Crippen LogP contribution is -2.20. The molecule has 32 heavy (non-hydrogen) atoms. The Morgan fingerprint density at radius 1 is 1.16 bits per heavy atom. The number of nitrogens with one attached hydrogen (secondary N) is 1. The monoisotopic (exact) mass is 485 g/mol. The van der Waals surface area contributed by atoms with E-state index in [0.717, 1.165) is 16.3 Å². The van der Waals surface area contributed by atoms with E-state index < -0.39 is 18.6 Å². The first-order chi connectivity index (χ1) is 15.2. The molecule has 0 aliphatic rings. The summed E-state index contributed by atoms with van der Waals surface area (Å²) in [6.07, 6.45) is -3.08. The number of anilines is 1. The molecule has 6 nitrogen and oxygen atoms in total. The van der Waals surface area contributed by atoms with Crippen molar-refractivity contribution < 1.29 is 27.4 Å². The van der Waals surface area contributed by atoms with Gasteiger partial charge in [0, 0.05) is 6.07 Å². The van der Waals surface area contributed by atoms with Crippen LogP contribution in [0.15, 0.2) is 53.8 Å². The number of benzene rings is 2. The number of rotatable bonds is 8. The molecule has 0 saturated carbocycles. The predicted octanol–water partition coefficient (Wildman–Crippen LogP) is 5.51. The average molecular weight is 486 g/mol. The van der Waals surface area contributed by atoms with Crippen LogP contribution in [0.2, 0.25) is 5.02 Å². The molecular formula is C21H19ClF3N3O3S. The Hall–Kier alpha value is -2.85. The fourth-order valence-electron chi connectivity index (χ4n) is 2.92. The number of thioether (sulfide) groups is 1. The molecule has 0 atom stereocenters. The molecule has 170 valence electrons. The first kappa shape index (κ1) is 23.8. The van der Waals surface area contributed by atoms with Gasteiger partial charge in [0.05, 0.1) is 42.6 Å². The van der Waals surface area contributed by atoms with Crippen molar-refractivity contribution in [1.82, 2.24) is 9.55 Å². The van der Waals surface area contributed by atoms with Gasteiger partial charge in [-0.1, -0.05) is 53.7 Å². The zero-order valence-corrected chi connectivity index (χ0v) is 18.6. The lowest BCUT2D eigenvalue weighted by atomic mass is 10.2. The fraction of sp³-hybridized carbons (Fsp3) is 0.238. The maximum absolute atomic E-state index is 13.2. The second-order valence-electron chi connectivity index (χ2n) is 6.52. The van der Waals surface area contributed by atoms with E-state index in [1.165, 1.54) is 32.5 Å². The summed E-state index contributed by atoms with van der Waals surface area (Å²) in [4.78, 5) is 16.6. The summed E-state index contributed by atoms with van der Waals surface area (Å²) in [5.74, 6) is 0.0704. The maximum Gasteiger partial charge on any atom is 0.406 e. The summed E-state index contributed by atoms with van der Waals surface area (Å²) in [5.41, 5.74) is 1.22. The van der Waals surface area contributed by atoms with E-state index in [2.05, 4.69) is 10.3 Å². The molecule has 3 aromatic rings. The highest BCUT2D eigenvalue weighted by atomic mass is 35.5. The van der Waals surface area contributed by atoms with Crippen LogP contribution in [-0.4, -0.2) is 41.6 Å². The standard InChI is InChI=1S/C21H19ClF3N3O3S/c1-30-17-9-18(31-2)15(8-14(17)22)27-19(29)11-32-20-26-10-16(13-6-4-3-5-7-13)28(20)12-21(23,24)25/h3-10H,11-12H2,1-2H3,(H,27,29). The molecule has 1 N–H and O–H groups in total. The van der Waals surface area contributed by atoms with Gasteiger partial charge in [0.2, 0.25) is 5.91 Å². The van der Waals surface area contributed by atoms with Gasteiger partial charge in [0.25, 0.3) is 0 Å². The van der Waals surface area contributed by atoms with Crippen LogP contribution in [0.25, 0.3) is 11.3 Å². The number of aromatic nitrogens is 2. The highest BCUT2D eigenvalue weighted by Crippen LogP contribution is 2.36. The van der Waals surface area contributed by atoms with Gasteiger partial charge in [-0.25, -0.2) is 4.98 Å². The number of hydrogen-bond donors (Lipinski definition) is 1. The van der Waals surface area contributed by atoms with Crippen molar-refractivity contribution in [3.05, 3.63) is 53.7 Å². The first-order valence-electron chi connectivity index (χ1n) is 9.23. The number of amides is 1. The summed E-state index contributed by atoms with van der Waals surface area (Å²) >= 11 is 7.00. The van der Waals surface area contributed by atoms with E-state index in [1.54, 1.807) is 30.3 Å². The molecule has 11 heteroatoms. The highest BCUT2D eigenvalue weighted by molar-refractivity contribution is 7.99. The lowest BCUT2D eigenvalue weighted by molar-refractivity contribution is -0.141. The average Bonchev–Trinajstić information content (AvgIpc) is 3.14. The minimum absolute atomic E-state index is 0.0797. The smallest absolute Gasteiger partial charge is 0.406 e. The molecule has 0 bridgehead atoms. The fourth-order valence-corrected chi connectivity index (χ4v) is 3.94. The number of carbonyl (C=O) groups excluding carboxylic acids is 1. The Labute approximate surface area is 191 Å². The Morgan fingerprint density at radius 2 is 1.84 bits per heavy atom. The second-order valence-corrected chi connectivity index (χ2v) is 7.87. The summed E-state index contributed by atoms with van der Waals surface area (Å²) in [5, 5.41) is 2.99. The molecule has 0 aliphatic carbocycles. The van der Waals surface area contributed by atoms with Crippen LogP contribution in [-0.2, 0) is 11.3 Å². The highest BCUT2D eigenvalue weighted by Gasteiger charge is 2.31. The molecule has 2 aromatic carbocycles. The number of alkyl halides is 3. The number of methoxy groups -OCH3 is 2. The van der Waals surface area contributed by atoms with Crippen molar-refractivity contribution in [2.45, 2.75) is 17.9 Å². The number of nitrogens with zero attached hydrogens (tertiary/aromatic N) is 2. The molecule has 0 aliphatic heterocycles. The molecule has 0 saturated heterocycles. The molecule has 1 amide bonds. The van der Waals surface area contributed by atoms with Gasteiger partial charge < -0.3 is 19.4 Å². The Kier molecular flexibility index (Phi) is 7.57. The van der Waals surface area contributed by atoms with Crippen LogP contribution in [0, 0.1) is 0 Å². The van der Waals surface area contributed by atoms with Crippen LogP contribution in [0.3, 0.4) is 0 Å². The zero-order chi connectivity index (χ0) is 23.3. The third-order valence-corrected chi connectivity index (χ3v) is 5.59. The Balaban J connectivity index is 1.78. The molecule has 0 unspecified atom stereocenters. The van der Waals surface area contributed by atoms with Gasteiger partial charge in [0.1, 0.15) is 18.0 Å². The van der Waals surface area contributed by atoms with Crippen LogP contribution in [0.4, 0.5) is 18.9 Å². The van der Waals surface area contributed by atoms with Crippen LogP contribution in [0.1, 0.15) is 0 Å². The van der Waals surface area contributed by atoms with Crippen molar-refractivity contribution in [2.24, 2.45) is 0 Å². The van der Waals surface area contributed by atoms with Gasteiger partial charge >= 0.3 is 6.18 Å². The van der Waals surface area contributed by atoms with Crippen LogP contribution in [0.5, 0.6) is 11.5 Å².